The van der Waals surface area contributed by atoms with E-state index in [-0.39, 0.29) is 23.0 Å². The Labute approximate surface area is 109 Å². The molecule has 0 spiro atoms. The number of alkyl halides is 6. The van der Waals surface area contributed by atoms with Gasteiger partial charge in [0, 0.05) is 5.56 Å². The maximum absolute atomic E-state index is 12.8. The molecule has 0 fully saturated rings. The van der Waals surface area contributed by atoms with Crippen molar-refractivity contribution in [3.05, 3.63) is 47.2 Å². The lowest BCUT2D eigenvalue weighted by Gasteiger charge is -2.17. The van der Waals surface area contributed by atoms with E-state index in [0.29, 0.717) is 6.07 Å². The molecule has 0 unspecified atom stereocenters. The van der Waals surface area contributed by atoms with E-state index < -0.39 is 23.5 Å². The summed E-state index contributed by atoms with van der Waals surface area (Å²) in [6, 6.07) is 3.47. The second-order valence-electron chi connectivity index (χ2n) is 4.17. The fourth-order valence-electron chi connectivity index (χ4n) is 1.86. The molecule has 0 aliphatic carbocycles. The highest BCUT2D eigenvalue weighted by Crippen LogP contribution is 2.41. The molecule has 20 heavy (non-hydrogen) atoms. The third-order valence-corrected chi connectivity index (χ3v) is 2.83. The summed E-state index contributed by atoms with van der Waals surface area (Å²) in [6.07, 6.45) is -8.55. The highest BCUT2D eigenvalue weighted by molar-refractivity contribution is 5.65. The summed E-state index contributed by atoms with van der Waals surface area (Å²) in [5.41, 5.74) is -3.21. The number of halogens is 6. The average molecular weight is 294 g/mol. The number of furan rings is 1. The monoisotopic (exact) mass is 294 g/mol. The molecule has 0 aliphatic rings. The summed E-state index contributed by atoms with van der Waals surface area (Å²) in [6.45, 7) is 1.11. The fraction of sp³-hybridized carbons (Fsp3) is 0.231. The van der Waals surface area contributed by atoms with E-state index in [4.69, 9.17) is 4.42 Å². The zero-order valence-corrected chi connectivity index (χ0v) is 10.1. The molecule has 0 bridgehead atoms. The lowest BCUT2D eigenvalue weighted by atomic mass is 9.96. The van der Waals surface area contributed by atoms with Gasteiger partial charge in [0.1, 0.15) is 5.76 Å². The predicted octanol–water partition coefficient (Wildman–Crippen LogP) is 5.29. The second kappa shape index (κ2) is 4.57. The number of hydrogen-bond donors (Lipinski definition) is 0. The average Bonchev–Trinajstić information content (AvgIpc) is 2.79. The lowest BCUT2D eigenvalue weighted by molar-refractivity contribution is -0.143. The molecule has 0 N–H and O–H groups in total. The van der Waals surface area contributed by atoms with E-state index in [1.807, 2.05) is 0 Å². The van der Waals surface area contributed by atoms with Gasteiger partial charge in [-0.1, -0.05) is 0 Å². The molecule has 2 aromatic rings. The molecule has 0 saturated heterocycles. The summed E-state index contributed by atoms with van der Waals surface area (Å²) >= 11 is 0. The predicted molar refractivity (Wildman–Crippen MR) is 58.9 cm³/mol. The van der Waals surface area contributed by atoms with Crippen molar-refractivity contribution in [2.24, 2.45) is 0 Å². The Kier molecular flexibility index (Phi) is 3.31. The van der Waals surface area contributed by atoms with Gasteiger partial charge in [-0.05, 0) is 36.8 Å². The fourth-order valence-corrected chi connectivity index (χ4v) is 1.86. The van der Waals surface area contributed by atoms with Crippen LogP contribution in [0, 0.1) is 6.92 Å². The zero-order valence-electron chi connectivity index (χ0n) is 10.1. The first kappa shape index (κ1) is 14.5. The molecular formula is C13H8F6O. The molecule has 1 heterocycles. The topological polar surface area (TPSA) is 13.1 Å². The molecule has 0 atom stereocenters. The number of rotatable bonds is 1. The van der Waals surface area contributed by atoms with Crippen LogP contribution in [-0.2, 0) is 12.4 Å². The first-order valence-corrected chi connectivity index (χ1v) is 5.43. The normalized spacial score (nSPS) is 12.8. The van der Waals surface area contributed by atoms with Gasteiger partial charge in [-0.25, -0.2) is 0 Å². The van der Waals surface area contributed by atoms with Gasteiger partial charge < -0.3 is 4.42 Å². The van der Waals surface area contributed by atoms with E-state index in [0.717, 1.165) is 6.92 Å². The SMILES string of the molecule is Cc1c(-c2ccco2)cc(C(F)(F)F)cc1C(F)(F)F. The Hall–Kier alpha value is -1.92. The van der Waals surface area contributed by atoms with Gasteiger partial charge in [-0.2, -0.15) is 26.3 Å². The third-order valence-electron chi connectivity index (χ3n) is 2.83. The molecule has 0 aliphatic heterocycles. The summed E-state index contributed by atoms with van der Waals surface area (Å²) in [5, 5.41) is 0. The molecule has 1 nitrogen and oxygen atoms in total. The Bertz CT molecular complexity index is 607. The number of benzene rings is 1. The molecule has 0 saturated carbocycles. The van der Waals surface area contributed by atoms with Crippen LogP contribution in [0.1, 0.15) is 16.7 Å². The molecule has 108 valence electrons. The van der Waals surface area contributed by atoms with Crippen molar-refractivity contribution in [1.82, 2.24) is 0 Å². The number of hydrogen-bond acceptors (Lipinski definition) is 1. The highest BCUT2D eigenvalue weighted by Gasteiger charge is 2.38. The minimum absolute atomic E-state index is 0.0425. The molecule has 2 rings (SSSR count). The molecule has 0 radical (unpaired) electrons. The van der Waals surface area contributed by atoms with Crippen LogP contribution in [0.15, 0.2) is 34.9 Å². The van der Waals surface area contributed by atoms with Crippen molar-refractivity contribution in [3.63, 3.8) is 0 Å². The summed E-state index contributed by atoms with van der Waals surface area (Å²) in [5.74, 6) is -0.0425. The van der Waals surface area contributed by atoms with Gasteiger partial charge in [0.15, 0.2) is 0 Å². The largest absolute Gasteiger partial charge is 0.464 e. The van der Waals surface area contributed by atoms with Crippen molar-refractivity contribution < 1.29 is 30.8 Å². The van der Waals surface area contributed by atoms with Crippen LogP contribution in [0.25, 0.3) is 11.3 Å². The molecule has 1 aromatic carbocycles. The second-order valence-corrected chi connectivity index (χ2v) is 4.17. The zero-order chi connectivity index (χ0) is 15.1. The van der Waals surface area contributed by atoms with Crippen LogP contribution in [0.3, 0.4) is 0 Å². The van der Waals surface area contributed by atoms with Gasteiger partial charge in [-0.3, -0.25) is 0 Å². The standard InChI is InChI=1S/C13H8F6O/c1-7-9(11-3-2-4-20-11)5-8(12(14,15)16)6-10(7)13(17,18)19/h2-6H,1H3. The van der Waals surface area contributed by atoms with Gasteiger partial charge in [-0.15, -0.1) is 0 Å². The van der Waals surface area contributed by atoms with Gasteiger partial charge in [0.2, 0.25) is 0 Å². The van der Waals surface area contributed by atoms with Crippen LogP contribution in [0.2, 0.25) is 0 Å². The maximum Gasteiger partial charge on any atom is 0.416 e. The van der Waals surface area contributed by atoms with Crippen molar-refractivity contribution in [3.8, 4) is 11.3 Å². The van der Waals surface area contributed by atoms with E-state index in [2.05, 4.69) is 0 Å². The lowest BCUT2D eigenvalue weighted by Crippen LogP contribution is -2.13. The van der Waals surface area contributed by atoms with Crippen molar-refractivity contribution in [2.75, 3.05) is 0 Å². The molecular weight excluding hydrogens is 286 g/mol. The van der Waals surface area contributed by atoms with E-state index in [9.17, 15) is 26.3 Å². The smallest absolute Gasteiger partial charge is 0.416 e. The van der Waals surface area contributed by atoms with E-state index in [1.165, 1.54) is 18.4 Å². The summed E-state index contributed by atoms with van der Waals surface area (Å²) in [4.78, 5) is 0. The van der Waals surface area contributed by atoms with Crippen molar-refractivity contribution >= 4 is 0 Å². The summed E-state index contributed by atoms with van der Waals surface area (Å²) in [7, 11) is 0. The highest BCUT2D eigenvalue weighted by atomic mass is 19.4. The van der Waals surface area contributed by atoms with Gasteiger partial charge in [0.25, 0.3) is 0 Å². The van der Waals surface area contributed by atoms with E-state index >= 15 is 0 Å². The van der Waals surface area contributed by atoms with Crippen LogP contribution < -0.4 is 0 Å². The molecule has 1 aromatic heterocycles. The molecule has 7 heteroatoms. The van der Waals surface area contributed by atoms with Crippen molar-refractivity contribution in [1.29, 1.82) is 0 Å². The van der Waals surface area contributed by atoms with Crippen LogP contribution in [-0.4, -0.2) is 0 Å². The van der Waals surface area contributed by atoms with Gasteiger partial charge in [0.05, 0.1) is 17.4 Å². The first-order valence-electron chi connectivity index (χ1n) is 5.43. The van der Waals surface area contributed by atoms with Gasteiger partial charge >= 0.3 is 12.4 Å². The quantitative estimate of drug-likeness (QED) is 0.651. The Morgan fingerprint density at radius 3 is 2.05 bits per heavy atom. The third kappa shape index (κ3) is 2.66. The minimum atomic E-state index is -4.87. The molecule has 0 amide bonds. The summed E-state index contributed by atoms with van der Waals surface area (Å²) < 4.78 is 81.6. The van der Waals surface area contributed by atoms with Crippen molar-refractivity contribution in [2.45, 2.75) is 19.3 Å². The maximum atomic E-state index is 12.8. The minimum Gasteiger partial charge on any atom is -0.464 e. The van der Waals surface area contributed by atoms with Crippen LogP contribution in [0.5, 0.6) is 0 Å². The van der Waals surface area contributed by atoms with E-state index in [1.54, 1.807) is 0 Å². The Morgan fingerprint density at radius 2 is 1.60 bits per heavy atom. The van der Waals surface area contributed by atoms with Crippen LogP contribution >= 0.6 is 0 Å². The Morgan fingerprint density at radius 1 is 0.950 bits per heavy atom. The first-order chi connectivity index (χ1) is 9.10. The Balaban J connectivity index is 2.75. The van der Waals surface area contributed by atoms with Crippen LogP contribution in [0.4, 0.5) is 26.3 Å².